The maximum Gasteiger partial charge on any atom is 0.218 e. The number of benzene rings is 2. The molecule has 0 radical (unpaired) electrons. The molecular formula is C18H16N2O. The van der Waals surface area contributed by atoms with Crippen LogP contribution < -0.4 is 10.0 Å². The maximum absolute atomic E-state index is 5.90. The molecule has 0 saturated heterocycles. The van der Waals surface area contributed by atoms with Gasteiger partial charge in [-0.05, 0) is 30.3 Å². The SMILES string of the molecule is C1=CC2=C(OC1)N(c1ccccc1)N(c1ccccc1)C2. The summed E-state index contributed by atoms with van der Waals surface area (Å²) in [5.74, 6) is 0.938. The molecule has 0 aromatic heterocycles. The highest BCUT2D eigenvalue weighted by Gasteiger charge is 2.32. The molecule has 104 valence electrons. The topological polar surface area (TPSA) is 15.7 Å². The first-order valence-corrected chi connectivity index (χ1v) is 7.14. The van der Waals surface area contributed by atoms with Crippen molar-refractivity contribution in [2.45, 2.75) is 0 Å². The summed E-state index contributed by atoms with van der Waals surface area (Å²) in [5, 5.41) is 4.41. The van der Waals surface area contributed by atoms with Gasteiger partial charge in [-0.15, -0.1) is 0 Å². The van der Waals surface area contributed by atoms with Gasteiger partial charge in [-0.25, -0.2) is 5.01 Å². The van der Waals surface area contributed by atoms with Crippen LogP contribution in [0.5, 0.6) is 0 Å². The van der Waals surface area contributed by atoms with Gasteiger partial charge in [-0.3, -0.25) is 5.01 Å². The number of hydrogen-bond donors (Lipinski definition) is 0. The second kappa shape index (κ2) is 5.02. The molecule has 3 nitrogen and oxygen atoms in total. The minimum atomic E-state index is 0.630. The zero-order chi connectivity index (χ0) is 14.1. The van der Waals surface area contributed by atoms with Crippen LogP contribution in [0.25, 0.3) is 0 Å². The molecule has 0 spiro atoms. The van der Waals surface area contributed by atoms with E-state index in [4.69, 9.17) is 4.74 Å². The van der Waals surface area contributed by atoms with Gasteiger partial charge in [-0.2, -0.15) is 0 Å². The molecule has 0 N–H and O–H groups in total. The fraction of sp³-hybridized carbons (Fsp3) is 0.111. The van der Waals surface area contributed by atoms with Crippen LogP contribution in [0.4, 0.5) is 11.4 Å². The highest BCUT2D eigenvalue weighted by atomic mass is 16.5. The Labute approximate surface area is 124 Å². The van der Waals surface area contributed by atoms with Crippen LogP contribution in [0.15, 0.2) is 84.3 Å². The Hall–Kier alpha value is -2.68. The summed E-state index contributed by atoms with van der Waals surface area (Å²) in [7, 11) is 0. The lowest BCUT2D eigenvalue weighted by Gasteiger charge is -2.33. The fourth-order valence-electron chi connectivity index (χ4n) is 2.77. The minimum absolute atomic E-state index is 0.630. The normalized spacial score (nSPS) is 17.0. The Bertz CT molecular complexity index is 692. The minimum Gasteiger partial charge on any atom is -0.473 e. The van der Waals surface area contributed by atoms with Gasteiger partial charge in [0.25, 0.3) is 0 Å². The number of anilines is 2. The summed E-state index contributed by atoms with van der Waals surface area (Å²) >= 11 is 0. The van der Waals surface area contributed by atoms with Crippen molar-refractivity contribution >= 4 is 11.4 Å². The van der Waals surface area contributed by atoms with Crippen LogP contribution in [0.1, 0.15) is 0 Å². The molecule has 21 heavy (non-hydrogen) atoms. The van der Waals surface area contributed by atoms with Crippen molar-refractivity contribution in [2.24, 2.45) is 0 Å². The third-order valence-corrected chi connectivity index (χ3v) is 3.72. The predicted octanol–water partition coefficient (Wildman–Crippen LogP) is 3.73. The van der Waals surface area contributed by atoms with Gasteiger partial charge < -0.3 is 4.74 Å². The second-order valence-electron chi connectivity index (χ2n) is 5.08. The zero-order valence-corrected chi connectivity index (χ0v) is 11.6. The van der Waals surface area contributed by atoms with E-state index >= 15 is 0 Å². The van der Waals surface area contributed by atoms with Gasteiger partial charge in [0.05, 0.1) is 17.9 Å². The van der Waals surface area contributed by atoms with Gasteiger partial charge in [0.1, 0.15) is 6.61 Å². The highest BCUT2D eigenvalue weighted by Crippen LogP contribution is 2.35. The van der Waals surface area contributed by atoms with Crippen molar-refractivity contribution in [1.29, 1.82) is 0 Å². The predicted molar refractivity (Wildman–Crippen MR) is 84.8 cm³/mol. The molecule has 0 fully saturated rings. The Morgan fingerprint density at radius 1 is 0.810 bits per heavy atom. The lowest BCUT2D eigenvalue weighted by atomic mass is 10.2. The van der Waals surface area contributed by atoms with Crippen LogP contribution in [-0.2, 0) is 4.74 Å². The van der Waals surface area contributed by atoms with Crippen molar-refractivity contribution in [2.75, 3.05) is 23.2 Å². The van der Waals surface area contributed by atoms with Gasteiger partial charge >= 0.3 is 0 Å². The Kier molecular flexibility index (Phi) is 2.89. The van der Waals surface area contributed by atoms with E-state index in [1.165, 1.54) is 5.57 Å². The van der Waals surface area contributed by atoms with E-state index in [0.29, 0.717) is 6.61 Å². The third kappa shape index (κ3) is 2.07. The molecule has 0 unspecified atom stereocenters. The Morgan fingerprint density at radius 3 is 2.19 bits per heavy atom. The molecule has 0 aliphatic carbocycles. The van der Waals surface area contributed by atoms with E-state index in [2.05, 4.69) is 70.7 Å². The standard InChI is InChI=1S/C18H16N2O/c1-3-9-16(10-4-1)19-14-15-8-7-13-21-18(15)20(19)17-11-5-2-6-12-17/h1-12H,13-14H2. The van der Waals surface area contributed by atoms with Crippen LogP contribution in [0.3, 0.4) is 0 Å². The van der Waals surface area contributed by atoms with Crippen molar-refractivity contribution < 1.29 is 4.74 Å². The number of nitrogens with zero attached hydrogens (tertiary/aromatic N) is 2. The number of hydrogen-bond acceptors (Lipinski definition) is 3. The molecule has 0 amide bonds. The Morgan fingerprint density at radius 2 is 1.48 bits per heavy atom. The molecule has 2 aliphatic rings. The van der Waals surface area contributed by atoms with E-state index < -0.39 is 0 Å². The quantitative estimate of drug-likeness (QED) is 0.831. The summed E-state index contributed by atoms with van der Waals surface area (Å²) < 4.78 is 5.90. The molecule has 2 heterocycles. The van der Waals surface area contributed by atoms with Crippen molar-refractivity contribution in [3.05, 3.63) is 84.3 Å². The number of hydrazine groups is 1. The monoisotopic (exact) mass is 276 g/mol. The van der Waals surface area contributed by atoms with E-state index in [1.54, 1.807) is 0 Å². The first-order chi connectivity index (χ1) is 10.4. The lowest BCUT2D eigenvalue weighted by molar-refractivity contribution is 0.235. The van der Waals surface area contributed by atoms with Crippen molar-refractivity contribution in [3.63, 3.8) is 0 Å². The zero-order valence-electron chi connectivity index (χ0n) is 11.6. The summed E-state index contributed by atoms with van der Waals surface area (Å²) in [6.45, 7) is 1.45. The first kappa shape index (κ1) is 12.1. The average molecular weight is 276 g/mol. The first-order valence-electron chi connectivity index (χ1n) is 7.14. The van der Waals surface area contributed by atoms with Crippen LogP contribution in [0, 0.1) is 0 Å². The fourth-order valence-corrected chi connectivity index (χ4v) is 2.77. The second-order valence-corrected chi connectivity index (χ2v) is 5.08. The van der Waals surface area contributed by atoms with Gasteiger partial charge in [0, 0.05) is 5.57 Å². The molecule has 4 rings (SSSR count). The largest absolute Gasteiger partial charge is 0.473 e. The van der Waals surface area contributed by atoms with Gasteiger partial charge in [0.15, 0.2) is 0 Å². The smallest absolute Gasteiger partial charge is 0.218 e. The molecular weight excluding hydrogens is 260 g/mol. The molecule has 2 aromatic rings. The summed E-state index contributed by atoms with van der Waals surface area (Å²) in [4.78, 5) is 0. The lowest BCUT2D eigenvalue weighted by Crippen LogP contribution is -2.38. The maximum atomic E-state index is 5.90. The number of para-hydroxylation sites is 2. The number of ether oxygens (including phenoxy) is 1. The molecule has 0 bridgehead atoms. The third-order valence-electron chi connectivity index (χ3n) is 3.72. The van der Waals surface area contributed by atoms with Crippen LogP contribution >= 0.6 is 0 Å². The number of rotatable bonds is 2. The molecule has 0 saturated carbocycles. The van der Waals surface area contributed by atoms with E-state index in [0.717, 1.165) is 23.8 Å². The van der Waals surface area contributed by atoms with E-state index in [1.807, 2.05) is 12.1 Å². The van der Waals surface area contributed by atoms with Crippen LogP contribution in [-0.4, -0.2) is 13.2 Å². The summed E-state index contributed by atoms with van der Waals surface area (Å²) in [6.07, 6.45) is 4.23. The molecule has 0 atom stereocenters. The molecule has 3 heteroatoms. The summed E-state index contributed by atoms with van der Waals surface area (Å²) in [6, 6.07) is 20.8. The highest BCUT2D eigenvalue weighted by molar-refractivity contribution is 5.66. The Balaban J connectivity index is 1.80. The van der Waals surface area contributed by atoms with Gasteiger partial charge in [-0.1, -0.05) is 42.5 Å². The van der Waals surface area contributed by atoms with Gasteiger partial charge in [0.2, 0.25) is 5.88 Å². The van der Waals surface area contributed by atoms with Crippen LogP contribution in [0.2, 0.25) is 0 Å². The molecule has 2 aliphatic heterocycles. The summed E-state index contributed by atoms with van der Waals surface area (Å²) in [5.41, 5.74) is 3.49. The van der Waals surface area contributed by atoms with E-state index in [-0.39, 0.29) is 0 Å². The van der Waals surface area contributed by atoms with Crippen molar-refractivity contribution in [3.8, 4) is 0 Å². The van der Waals surface area contributed by atoms with E-state index in [9.17, 15) is 0 Å². The molecule has 2 aromatic carbocycles. The average Bonchev–Trinajstić information content (AvgIpc) is 2.96. The van der Waals surface area contributed by atoms with Crippen molar-refractivity contribution in [1.82, 2.24) is 0 Å².